The molecule has 1 aromatic rings. The molecule has 1 aliphatic rings. The Morgan fingerprint density at radius 3 is 2.54 bits per heavy atom. The summed E-state index contributed by atoms with van der Waals surface area (Å²) in [6.45, 7) is 3.99. The van der Waals surface area contributed by atoms with Crippen molar-refractivity contribution in [2.75, 3.05) is 18.9 Å². The van der Waals surface area contributed by atoms with Crippen LogP contribution in [0.1, 0.15) is 37.0 Å². The first-order valence-electron chi connectivity index (χ1n) is 8.01. The van der Waals surface area contributed by atoms with E-state index in [-0.39, 0.29) is 22.8 Å². The summed E-state index contributed by atoms with van der Waals surface area (Å²) >= 11 is 0. The van der Waals surface area contributed by atoms with Gasteiger partial charge in [-0.15, -0.1) is 0 Å². The lowest BCUT2D eigenvalue weighted by molar-refractivity contribution is -0.124. The molecule has 0 bridgehead atoms. The second-order valence-electron chi connectivity index (χ2n) is 6.89. The number of aromatic nitrogens is 2. The molecule has 138 valence electrons. The Balaban J connectivity index is 2.00. The highest BCUT2D eigenvalue weighted by atomic mass is 19.4. The molecule has 1 atom stereocenters. The molecule has 0 unspecified atom stereocenters. The minimum absolute atomic E-state index is 0.00198. The van der Waals surface area contributed by atoms with Gasteiger partial charge in [0.2, 0.25) is 0 Å². The van der Waals surface area contributed by atoms with E-state index in [9.17, 15) is 18.6 Å². The first-order valence-corrected chi connectivity index (χ1v) is 8.01. The van der Waals surface area contributed by atoms with Crippen LogP contribution < -0.4 is 5.34 Å². The van der Waals surface area contributed by atoms with Crippen molar-refractivity contribution in [1.29, 1.82) is 5.26 Å². The van der Waals surface area contributed by atoms with Gasteiger partial charge in [0.25, 0.3) is 11.9 Å². The van der Waals surface area contributed by atoms with Gasteiger partial charge in [0.05, 0.1) is 11.1 Å². The molecule has 0 saturated heterocycles. The van der Waals surface area contributed by atoms with Crippen LogP contribution in [0.2, 0.25) is 0 Å². The fourth-order valence-electron chi connectivity index (χ4n) is 2.96. The fraction of sp³-hybridized carbons (Fsp3) is 0.471. The maximum Gasteiger partial charge on any atom is 0.288 e. The van der Waals surface area contributed by atoms with Gasteiger partial charge in [0, 0.05) is 31.4 Å². The van der Waals surface area contributed by atoms with E-state index >= 15 is 0 Å². The van der Waals surface area contributed by atoms with Crippen molar-refractivity contribution in [3.05, 3.63) is 29.6 Å². The number of anilines is 1. The zero-order valence-corrected chi connectivity index (χ0v) is 14.7. The normalized spacial score (nSPS) is 18.7. The van der Waals surface area contributed by atoms with Crippen molar-refractivity contribution in [2.45, 2.75) is 26.7 Å². The molecule has 26 heavy (non-hydrogen) atoms. The van der Waals surface area contributed by atoms with Crippen LogP contribution in [0.25, 0.3) is 0 Å². The van der Waals surface area contributed by atoms with Crippen molar-refractivity contribution in [3.63, 3.8) is 0 Å². The number of allylic oxidation sites excluding steroid dienone is 2. The number of Topliss-reactive ketones (excluding diaryl/α,β-unsaturated/α-hetero) is 1. The van der Waals surface area contributed by atoms with Gasteiger partial charge in [-0.05, 0) is 24.1 Å². The average molecular weight is 363 g/mol. The summed E-state index contributed by atoms with van der Waals surface area (Å²) in [5.74, 6) is -1.34. The maximum atomic E-state index is 12.3. The minimum Gasteiger partial charge on any atom is -0.342 e. The van der Waals surface area contributed by atoms with Crippen molar-refractivity contribution in [1.82, 2.24) is 14.9 Å². The second kappa shape index (κ2) is 7.56. The summed E-state index contributed by atoms with van der Waals surface area (Å²) in [6, 6.07) is 1.94. The highest BCUT2D eigenvalue weighted by Gasteiger charge is 2.36. The van der Waals surface area contributed by atoms with Crippen LogP contribution in [0.3, 0.4) is 0 Å². The molecule has 0 aromatic carbocycles. The van der Waals surface area contributed by atoms with Crippen molar-refractivity contribution in [2.24, 2.45) is 11.3 Å². The zero-order chi connectivity index (χ0) is 19.5. The van der Waals surface area contributed by atoms with Gasteiger partial charge in [-0.1, -0.05) is 28.9 Å². The molecule has 9 heteroatoms. The third-order valence-electron chi connectivity index (χ3n) is 4.37. The largest absolute Gasteiger partial charge is 0.342 e. The molecule has 2 rings (SSSR count). The van der Waals surface area contributed by atoms with Gasteiger partial charge >= 0.3 is 0 Å². The third kappa shape index (κ3) is 4.20. The summed E-state index contributed by atoms with van der Waals surface area (Å²) in [5, 5.41) is 7.88. The number of hydrogen-bond acceptors (Lipinski definition) is 6. The van der Waals surface area contributed by atoms with Crippen molar-refractivity contribution in [3.8, 4) is 6.07 Å². The Labute approximate surface area is 149 Å². The van der Waals surface area contributed by atoms with Gasteiger partial charge in [0.15, 0.2) is 5.78 Å². The van der Waals surface area contributed by atoms with E-state index < -0.39 is 22.6 Å². The van der Waals surface area contributed by atoms with E-state index in [1.54, 1.807) is 27.0 Å². The Morgan fingerprint density at radius 1 is 1.38 bits per heavy atom. The quantitative estimate of drug-likeness (QED) is 0.747. The van der Waals surface area contributed by atoms with Crippen LogP contribution in [0, 0.1) is 22.7 Å². The monoisotopic (exact) mass is 363 g/mol. The molecule has 1 aliphatic carbocycles. The van der Waals surface area contributed by atoms with Crippen LogP contribution >= 0.6 is 0 Å². The Morgan fingerprint density at radius 2 is 2.00 bits per heavy atom. The van der Waals surface area contributed by atoms with E-state index in [0.717, 1.165) is 12.4 Å². The number of ketones is 1. The van der Waals surface area contributed by atoms with E-state index in [4.69, 9.17) is 5.26 Å². The number of rotatable bonds is 5. The number of nitriles is 1. The average Bonchev–Trinajstić information content (AvgIpc) is 2.61. The number of carbonyl (C=O) groups is 2. The lowest BCUT2D eigenvalue weighted by Gasteiger charge is -2.32. The van der Waals surface area contributed by atoms with Gasteiger partial charge in [-0.3, -0.25) is 9.59 Å². The molecular formula is C17H19F2N5O2. The van der Waals surface area contributed by atoms with Crippen molar-refractivity contribution >= 4 is 17.6 Å². The molecule has 1 amide bonds. The van der Waals surface area contributed by atoms with Gasteiger partial charge in [0.1, 0.15) is 6.07 Å². The van der Waals surface area contributed by atoms with Crippen LogP contribution in [0.5, 0.6) is 0 Å². The maximum absolute atomic E-state index is 12.3. The molecule has 0 N–H and O–H groups in total. The first kappa shape index (κ1) is 19.4. The molecular weight excluding hydrogens is 344 g/mol. The lowest BCUT2D eigenvalue weighted by atomic mass is 9.71. The summed E-state index contributed by atoms with van der Waals surface area (Å²) in [6.07, 6.45) is 4.93. The Kier molecular flexibility index (Phi) is 5.65. The van der Waals surface area contributed by atoms with Crippen LogP contribution in [0.15, 0.2) is 24.0 Å². The molecule has 0 radical (unpaired) electrons. The van der Waals surface area contributed by atoms with Crippen LogP contribution in [-0.2, 0) is 4.79 Å². The summed E-state index contributed by atoms with van der Waals surface area (Å²) < 4.78 is 24.6. The minimum atomic E-state index is -1.23. The zero-order valence-electron chi connectivity index (χ0n) is 14.7. The van der Waals surface area contributed by atoms with E-state index in [0.29, 0.717) is 19.4 Å². The summed E-state index contributed by atoms with van der Waals surface area (Å²) in [5.41, 5.74) is -0.349. The van der Waals surface area contributed by atoms with Gasteiger partial charge in [-0.25, -0.2) is 9.97 Å². The summed E-state index contributed by atoms with van der Waals surface area (Å²) in [4.78, 5) is 32.7. The number of nitrogens with zero attached hydrogens (tertiary/aromatic N) is 5. The third-order valence-corrected chi connectivity index (χ3v) is 4.37. The second-order valence-corrected chi connectivity index (χ2v) is 6.89. The highest BCUT2D eigenvalue weighted by molar-refractivity contribution is 6.03. The number of carbonyl (C=O) groups excluding carboxylic acids is 2. The topological polar surface area (TPSA) is 90.2 Å². The van der Waals surface area contributed by atoms with Gasteiger partial charge < -0.3 is 4.90 Å². The van der Waals surface area contributed by atoms with Crippen LogP contribution in [-0.4, -0.2) is 40.2 Å². The first-order chi connectivity index (χ1) is 12.2. The molecule has 1 heterocycles. The van der Waals surface area contributed by atoms with E-state index in [1.807, 2.05) is 6.07 Å². The molecule has 0 fully saturated rings. The van der Waals surface area contributed by atoms with Crippen LogP contribution in [0.4, 0.5) is 14.9 Å². The van der Waals surface area contributed by atoms with E-state index in [2.05, 4.69) is 9.97 Å². The standard InChI is InChI=1S/C17H19F2N5O2/c1-17(2)7-11(6-12(8-20)14(17)25)4-5-23(3)15(26)13-9-21-16(22-10-13)24(18)19/h6,9-11H,4-5,7H2,1-3H3/t11-/m1/s1. The number of halogens is 2. The molecule has 7 nitrogen and oxygen atoms in total. The molecule has 0 aliphatic heterocycles. The van der Waals surface area contributed by atoms with Gasteiger partial charge in [-0.2, -0.15) is 5.26 Å². The Bertz CT molecular complexity index is 768. The Hall–Kier alpha value is -2.89. The fourth-order valence-corrected chi connectivity index (χ4v) is 2.96. The molecule has 0 spiro atoms. The smallest absolute Gasteiger partial charge is 0.288 e. The molecule has 0 saturated carbocycles. The SMILES string of the molecule is CN(CC[C@@H]1C=C(C#N)C(=O)C(C)(C)C1)C(=O)c1cnc(N(F)F)nc1. The van der Waals surface area contributed by atoms with E-state index in [1.165, 1.54) is 4.90 Å². The predicted molar refractivity (Wildman–Crippen MR) is 88.9 cm³/mol. The lowest BCUT2D eigenvalue weighted by Crippen LogP contribution is -2.34. The number of amides is 1. The number of hydrogen-bond donors (Lipinski definition) is 0. The summed E-state index contributed by atoms with van der Waals surface area (Å²) in [7, 11) is 1.58. The highest BCUT2D eigenvalue weighted by Crippen LogP contribution is 2.36. The molecule has 1 aromatic heterocycles. The van der Waals surface area contributed by atoms with Crippen molar-refractivity contribution < 1.29 is 18.6 Å². The predicted octanol–water partition coefficient (Wildman–Crippen LogP) is 2.58.